The van der Waals surface area contributed by atoms with Gasteiger partial charge in [0.2, 0.25) is 0 Å². The average molecular weight is 456 g/mol. The number of carbonyl (C=O) groups is 1. The minimum absolute atomic E-state index is 0.0383. The van der Waals surface area contributed by atoms with E-state index >= 15 is 0 Å². The van der Waals surface area contributed by atoms with Crippen molar-refractivity contribution >= 4 is 28.3 Å². The van der Waals surface area contributed by atoms with E-state index < -0.39 is 11.4 Å². The summed E-state index contributed by atoms with van der Waals surface area (Å²) in [6.07, 6.45) is 3.67. The molecule has 0 saturated heterocycles. The maximum absolute atomic E-state index is 14.7. The van der Waals surface area contributed by atoms with Crippen LogP contribution in [0, 0.1) is 5.82 Å². The molecular weight excluding hydrogens is 429 g/mol. The molecule has 7 heteroatoms. The number of nitrogens with two attached hydrogens (primary N) is 1. The fourth-order valence-corrected chi connectivity index (χ4v) is 3.91. The van der Waals surface area contributed by atoms with Gasteiger partial charge >= 0.3 is 0 Å². The first-order valence-corrected chi connectivity index (χ1v) is 11.3. The van der Waals surface area contributed by atoms with Gasteiger partial charge in [0.05, 0.1) is 28.0 Å². The molecule has 34 heavy (non-hydrogen) atoms. The van der Waals surface area contributed by atoms with Crippen LogP contribution >= 0.6 is 0 Å². The maximum Gasteiger partial charge on any atom is 0.254 e. The highest BCUT2D eigenvalue weighted by Gasteiger charge is 2.25. The Morgan fingerprint density at radius 2 is 1.91 bits per heavy atom. The Morgan fingerprint density at radius 1 is 1.09 bits per heavy atom. The standard InChI is InChI=1S/C27H26FN5O/c1-27(2,18-6-11-23-16(14-18)4-3-13-30-23)33-25-22(29)10-12-24(32-25)17-5-9-20(21(28)15-17)26(34)31-19-7-8-19/h3-6,9-15,19H,7-8,29H2,1-2H3,(H,31,34)(H,32,33). The molecule has 4 aromatic rings. The average Bonchev–Trinajstić information content (AvgIpc) is 3.64. The fourth-order valence-electron chi connectivity index (χ4n) is 3.91. The molecule has 1 aliphatic rings. The summed E-state index contributed by atoms with van der Waals surface area (Å²) in [5, 5.41) is 7.30. The number of pyridine rings is 2. The normalized spacial score (nSPS) is 13.6. The number of fused-ring (bicyclic) bond motifs is 1. The number of rotatable bonds is 6. The summed E-state index contributed by atoms with van der Waals surface area (Å²) in [5.74, 6) is -0.454. The molecule has 0 radical (unpaired) electrons. The van der Waals surface area contributed by atoms with Crippen molar-refractivity contribution in [3.63, 3.8) is 0 Å². The third-order valence-electron chi connectivity index (χ3n) is 6.10. The molecule has 1 fully saturated rings. The van der Waals surface area contributed by atoms with Gasteiger partial charge in [0.1, 0.15) is 5.82 Å². The number of hydrogen-bond donors (Lipinski definition) is 3. The third kappa shape index (κ3) is 4.41. The molecule has 1 saturated carbocycles. The Hall–Kier alpha value is -4.00. The van der Waals surface area contributed by atoms with Crippen LogP contribution in [0.1, 0.15) is 42.6 Å². The van der Waals surface area contributed by atoms with E-state index in [4.69, 9.17) is 5.73 Å². The van der Waals surface area contributed by atoms with E-state index in [1.54, 1.807) is 24.4 Å². The SMILES string of the molecule is CC(C)(Nc1nc(-c2ccc(C(=O)NC3CC3)c(F)c2)ccc1N)c1ccc2ncccc2c1. The van der Waals surface area contributed by atoms with Gasteiger partial charge in [-0.2, -0.15) is 0 Å². The predicted octanol–water partition coefficient (Wildman–Crippen LogP) is 5.26. The summed E-state index contributed by atoms with van der Waals surface area (Å²) >= 11 is 0. The first-order chi connectivity index (χ1) is 16.3. The summed E-state index contributed by atoms with van der Waals surface area (Å²) in [6, 6.07) is 18.3. The van der Waals surface area contributed by atoms with Crippen molar-refractivity contribution in [1.82, 2.24) is 15.3 Å². The van der Waals surface area contributed by atoms with Crippen LogP contribution in [0.5, 0.6) is 0 Å². The van der Waals surface area contributed by atoms with Gasteiger partial charge in [-0.15, -0.1) is 0 Å². The molecule has 1 aliphatic carbocycles. The minimum atomic E-state index is -0.575. The highest BCUT2D eigenvalue weighted by Crippen LogP contribution is 2.31. The Bertz CT molecular complexity index is 1400. The molecule has 0 atom stereocenters. The van der Waals surface area contributed by atoms with Gasteiger partial charge in [0, 0.05) is 23.2 Å². The second-order valence-electron chi connectivity index (χ2n) is 9.24. The van der Waals surface area contributed by atoms with Crippen LogP contribution in [0.2, 0.25) is 0 Å². The van der Waals surface area contributed by atoms with Gasteiger partial charge < -0.3 is 16.4 Å². The number of anilines is 2. The number of halogens is 1. The number of benzene rings is 2. The van der Waals surface area contributed by atoms with Crippen molar-refractivity contribution in [3.05, 3.63) is 83.8 Å². The number of hydrogen-bond acceptors (Lipinski definition) is 5. The van der Waals surface area contributed by atoms with Crippen LogP contribution in [-0.4, -0.2) is 21.9 Å². The third-order valence-corrected chi connectivity index (χ3v) is 6.10. The van der Waals surface area contributed by atoms with Crippen molar-refractivity contribution in [2.45, 2.75) is 38.3 Å². The summed E-state index contributed by atoms with van der Waals surface area (Å²) in [6.45, 7) is 4.09. The first-order valence-electron chi connectivity index (χ1n) is 11.3. The van der Waals surface area contributed by atoms with E-state index in [1.807, 2.05) is 38.1 Å². The van der Waals surface area contributed by atoms with Gasteiger partial charge in [-0.3, -0.25) is 9.78 Å². The van der Waals surface area contributed by atoms with E-state index in [1.165, 1.54) is 12.1 Å². The van der Waals surface area contributed by atoms with Crippen LogP contribution in [0.4, 0.5) is 15.9 Å². The Morgan fingerprint density at radius 3 is 2.68 bits per heavy atom. The highest BCUT2D eigenvalue weighted by atomic mass is 19.1. The molecular formula is C27H26FN5O. The summed E-state index contributed by atoms with van der Waals surface area (Å²) in [5.41, 5.74) is 9.37. The molecule has 2 aromatic heterocycles. The highest BCUT2D eigenvalue weighted by molar-refractivity contribution is 5.95. The zero-order chi connectivity index (χ0) is 23.9. The summed E-state index contributed by atoms with van der Waals surface area (Å²) in [4.78, 5) is 21.3. The van der Waals surface area contributed by atoms with Gasteiger partial charge in [0.15, 0.2) is 5.82 Å². The second-order valence-corrected chi connectivity index (χ2v) is 9.24. The lowest BCUT2D eigenvalue weighted by molar-refractivity contribution is 0.0947. The first kappa shape index (κ1) is 21.8. The van der Waals surface area contributed by atoms with Crippen molar-refractivity contribution in [2.24, 2.45) is 0 Å². The van der Waals surface area contributed by atoms with Crippen LogP contribution in [-0.2, 0) is 5.54 Å². The fraction of sp³-hybridized carbons (Fsp3) is 0.222. The number of aromatic nitrogens is 2. The van der Waals surface area contributed by atoms with E-state index in [2.05, 4.69) is 26.7 Å². The molecule has 2 aromatic carbocycles. The Balaban J connectivity index is 1.42. The molecule has 5 rings (SSSR count). The molecule has 1 amide bonds. The van der Waals surface area contributed by atoms with Crippen LogP contribution in [0.3, 0.4) is 0 Å². The Labute approximate surface area is 197 Å². The zero-order valence-corrected chi connectivity index (χ0v) is 19.1. The zero-order valence-electron chi connectivity index (χ0n) is 19.1. The van der Waals surface area contributed by atoms with Crippen molar-refractivity contribution in [2.75, 3.05) is 11.1 Å². The number of nitrogens with zero attached hydrogens (tertiary/aromatic N) is 2. The molecule has 0 aliphatic heterocycles. The lowest BCUT2D eigenvalue weighted by Crippen LogP contribution is -2.29. The van der Waals surface area contributed by atoms with Crippen LogP contribution < -0.4 is 16.4 Å². The number of nitrogen functional groups attached to an aromatic ring is 1. The number of nitrogens with one attached hydrogen (secondary N) is 2. The van der Waals surface area contributed by atoms with Crippen molar-refractivity contribution in [3.8, 4) is 11.3 Å². The summed E-state index contributed by atoms with van der Waals surface area (Å²) in [7, 11) is 0. The van der Waals surface area contributed by atoms with Gasteiger partial charge in [-0.05, 0) is 74.7 Å². The topological polar surface area (TPSA) is 92.9 Å². The quantitative estimate of drug-likeness (QED) is 0.369. The molecule has 0 bridgehead atoms. The second kappa shape index (κ2) is 8.41. The minimum Gasteiger partial charge on any atom is -0.396 e. The van der Waals surface area contributed by atoms with Gasteiger partial charge in [-0.1, -0.05) is 18.2 Å². The van der Waals surface area contributed by atoms with Crippen LogP contribution in [0.15, 0.2) is 66.9 Å². The molecule has 2 heterocycles. The van der Waals surface area contributed by atoms with Crippen molar-refractivity contribution in [1.29, 1.82) is 0 Å². The van der Waals surface area contributed by atoms with Crippen LogP contribution in [0.25, 0.3) is 22.2 Å². The van der Waals surface area contributed by atoms with Gasteiger partial charge in [-0.25, -0.2) is 9.37 Å². The predicted molar refractivity (Wildman–Crippen MR) is 133 cm³/mol. The molecule has 4 N–H and O–H groups in total. The largest absolute Gasteiger partial charge is 0.396 e. The van der Waals surface area contributed by atoms with E-state index in [0.717, 1.165) is 29.3 Å². The van der Waals surface area contributed by atoms with Crippen molar-refractivity contribution < 1.29 is 9.18 Å². The Kier molecular flexibility index (Phi) is 5.40. The van der Waals surface area contributed by atoms with E-state index in [-0.39, 0.29) is 17.5 Å². The molecule has 0 spiro atoms. The van der Waals surface area contributed by atoms with E-state index in [0.29, 0.717) is 22.8 Å². The van der Waals surface area contributed by atoms with E-state index in [9.17, 15) is 9.18 Å². The lowest BCUT2D eigenvalue weighted by atomic mass is 9.93. The monoisotopic (exact) mass is 455 g/mol. The maximum atomic E-state index is 14.7. The molecule has 6 nitrogen and oxygen atoms in total. The van der Waals surface area contributed by atoms with Gasteiger partial charge in [0.25, 0.3) is 5.91 Å². The number of carbonyl (C=O) groups excluding carboxylic acids is 1. The lowest BCUT2D eigenvalue weighted by Gasteiger charge is -2.28. The number of amides is 1. The smallest absolute Gasteiger partial charge is 0.254 e. The molecule has 0 unspecified atom stereocenters. The molecule has 172 valence electrons. The summed E-state index contributed by atoms with van der Waals surface area (Å²) < 4.78 is 14.7.